The SMILES string of the molecule is CCc1cc(CC(=O)C2CCC(CN)O2)n(C)n1. The van der Waals surface area contributed by atoms with Gasteiger partial charge < -0.3 is 10.5 Å². The largest absolute Gasteiger partial charge is 0.366 e. The molecule has 0 radical (unpaired) electrons. The maximum absolute atomic E-state index is 12.1. The predicted molar refractivity (Wildman–Crippen MR) is 68.2 cm³/mol. The number of ketones is 1. The van der Waals surface area contributed by atoms with Gasteiger partial charge in [0.25, 0.3) is 0 Å². The number of rotatable bonds is 5. The van der Waals surface area contributed by atoms with E-state index in [-0.39, 0.29) is 18.0 Å². The van der Waals surface area contributed by atoms with Crippen molar-refractivity contribution >= 4 is 5.78 Å². The minimum Gasteiger partial charge on any atom is -0.366 e. The molecule has 0 bridgehead atoms. The Morgan fingerprint density at radius 1 is 1.61 bits per heavy atom. The summed E-state index contributed by atoms with van der Waals surface area (Å²) in [6, 6.07) is 1.99. The van der Waals surface area contributed by atoms with Crippen LogP contribution >= 0.6 is 0 Å². The lowest BCUT2D eigenvalue weighted by atomic mass is 10.1. The Bertz CT molecular complexity index is 428. The van der Waals surface area contributed by atoms with Crippen LogP contribution in [-0.2, 0) is 29.4 Å². The molecule has 5 nitrogen and oxygen atoms in total. The minimum atomic E-state index is -0.279. The van der Waals surface area contributed by atoms with Crippen molar-refractivity contribution in [2.45, 2.75) is 44.8 Å². The molecule has 0 saturated carbocycles. The highest BCUT2D eigenvalue weighted by Gasteiger charge is 2.30. The molecule has 2 rings (SSSR count). The standard InChI is InChI=1S/C13H21N3O2/c1-3-9-6-10(16(2)15-9)7-12(17)13-5-4-11(8-14)18-13/h6,11,13H,3-5,7-8,14H2,1-2H3. The first-order chi connectivity index (χ1) is 8.63. The normalized spacial score (nSPS) is 23.5. The Balaban J connectivity index is 1.96. The molecule has 0 spiro atoms. The Morgan fingerprint density at radius 2 is 2.39 bits per heavy atom. The summed E-state index contributed by atoms with van der Waals surface area (Å²) in [5.74, 6) is 0.136. The Hall–Kier alpha value is -1.20. The van der Waals surface area contributed by atoms with Gasteiger partial charge >= 0.3 is 0 Å². The van der Waals surface area contributed by atoms with Crippen LogP contribution in [0.5, 0.6) is 0 Å². The van der Waals surface area contributed by atoms with Gasteiger partial charge in [0.15, 0.2) is 5.78 Å². The summed E-state index contributed by atoms with van der Waals surface area (Å²) in [5, 5.41) is 4.34. The summed E-state index contributed by atoms with van der Waals surface area (Å²) < 4.78 is 7.40. The molecule has 1 fully saturated rings. The molecule has 1 aromatic heterocycles. The molecule has 1 aliphatic heterocycles. The highest BCUT2D eigenvalue weighted by Crippen LogP contribution is 2.21. The molecule has 0 amide bonds. The first kappa shape index (κ1) is 13.2. The van der Waals surface area contributed by atoms with Crippen molar-refractivity contribution < 1.29 is 9.53 Å². The fourth-order valence-electron chi connectivity index (χ4n) is 2.32. The number of nitrogens with zero attached hydrogens (tertiary/aromatic N) is 2. The summed E-state index contributed by atoms with van der Waals surface area (Å²) in [6.45, 7) is 2.55. The van der Waals surface area contributed by atoms with Crippen molar-refractivity contribution in [3.63, 3.8) is 0 Å². The number of aryl methyl sites for hydroxylation is 2. The maximum atomic E-state index is 12.1. The van der Waals surface area contributed by atoms with E-state index in [1.54, 1.807) is 4.68 Å². The van der Waals surface area contributed by atoms with Gasteiger partial charge in [0, 0.05) is 19.3 Å². The molecule has 0 aliphatic carbocycles. The van der Waals surface area contributed by atoms with E-state index in [1.807, 2.05) is 13.1 Å². The van der Waals surface area contributed by atoms with Crippen molar-refractivity contribution in [3.05, 3.63) is 17.5 Å². The number of aromatic nitrogens is 2. The third kappa shape index (κ3) is 2.79. The summed E-state index contributed by atoms with van der Waals surface area (Å²) in [7, 11) is 1.87. The summed E-state index contributed by atoms with van der Waals surface area (Å²) in [5.41, 5.74) is 7.52. The van der Waals surface area contributed by atoms with Crippen LogP contribution in [0.4, 0.5) is 0 Å². The molecule has 1 aliphatic rings. The van der Waals surface area contributed by atoms with Crippen LogP contribution in [0.2, 0.25) is 0 Å². The van der Waals surface area contributed by atoms with Crippen LogP contribution in [0.3, 0.4) is 0 Å². The van der Waals surface area contributed by atoms with E-state index in [9.17, 15) is 4.79 Å². The highest BCUT2D eigenvalue weighted by molar-refractivity contribution is 5.85. The first-order valence-electron chi connectivity index (χ1n) is 6.54. The van der Waals surface area contributed by atoms with E-state index in [2.05, 4.69) is 12.0 Å². The van der Waals surface area contributed by atoms with Gasteiger partial charge in [-0.2, -0.15) is 5.10 Å². The molecular formula is C13H21N3O2. The van der Waals surface area contributed by atoms with E-state index < -0.39 is 0 Å². The monoisotopic (exact) mass is 251 g/mol. The average molecular weight is 251 g/mol. The van der Waals surface area contributed by atoms with Gasteiger partial charge in [0.2, 0.25) is 0 Å². The van der Waals surface area contributed by atoms with Crippen molar-refractivity contribution in [2.75, 3.05) is 6.54 Å². The van der Waals surface area contributed by atoms with Crippen molar-refractivity contribution in [1.29, 1.82) is 0 Å². The number of carbonyl (C=O) groups is 1. The predicted octanol–water partition coefficient (Wildman–Crippen LogP) is 0.600. The smallest absolute Gasteiger partial charge is 0.167 e. The van der Waals surface area contributed by atoms with Gasteiger partial charge in [0.05, 0.1) is 18.2 Å². The molecule has 1 saturated heterocycles. The second-order valence-electron chi connectivity index (χ2n) is 4.81. The van der Waals surface area contributed by atoms with Gasteiger partial charge in [-0.25, -0.2) is 0 Å². The quantitative estimate of drug-likeness (QED) is 0.832. The van der Waals surface area contributed by atoms with Crippen LogP contribution in [0.15, 0.2) is 6.07 Å². The number of ether oxygens (including phenoxy) is 1. The summed E-state index contributed by atoms with van der Waals surface area (Å²) in [4.78, 5) is 12.1. The highest BCUT2D eigenvalue weighted by atomic mass is 16.5. The Labute approximate surface area is 107 Å². The molecule has 100 valence electrons. The zero-order chi connectivity index (χ0) is 13.1. The van der Waals surface area contributed by atoms with Crippen LogP contribution in [0.1, 0.15) is 31.2 Å². The average Bonchev–Trinajstić information content (AvgIpc) is 2.96. The van der Waals surface area contributed by atoms with E-state index in [4.69, 9.17) is 10.5 Å². The van der Waals surface area contributed by atoms with E-state index in [1.165, 1.54) is 0 Å². The lowest BCUT2D eigenvalue weighted by Crippen LogP contribution is -2.26. The number of Topliss-reactive ketones (excluding diaryl/α,β-unsaturated/α-hetero) is 1. The van der Waals surface area contributed by atoms with E-state index in [0.717, 1.165) is 30.7 Å². The zero-order valence-corrected chi connectivity index (χ0v) is 11.1. The Kier molecular flexibility index (Phi) is 4.14. The van der Waals surface area contributed by atoms with Crippen molar-refractivity contribution in [1.82, 2.24) is 9.78 Å². The molecule has 0 aromatic carbocycles. The zero-order valence-electron chi connectivity index (χ0n) is 11.1. The maximum Gasteiger partial charge on any atom is 0.167 e. The van der Waals surface area contributed by atoms with Crippen LogP contribution in [-0.4, -0.2) is 34.3 Å². The molecule has 18 heavy (non-hydrogen) atoms. The number of hydrogen-bond donors (Lipinski definition) is 1. The van der Waals surface area contributed by atoms with Gasteiger partial charge in [0.1, 0.15) is 6.10 Å². The molecule has 5 heteroatoms. The third-order valence-corrected chi connectivity index (χ3v) is 3.47. The molecule has 1 aromatic rings. The lowest BCUT2D eigenvalue weighted by molar-refractivity contribution is -0.129. The Morgan fingerprint density at radius 3 is 2.94 bits per heavy atom. The van der Waals surface area contributed by atoms with Gasteiger partial charge in [-0.05, 0) is 25.3 Å². The summed E-state index contributed by atoms with van der Waals surface area (Å²) in [6.07, 6.45) is 2.73. The van der Waals surface area contributed by atoms with Crippen LogP contribution in [0, 0.1) is 0 Å². The van der Waals surface area contributed by atoms with Gasteiger partial charge in [-0.15, -0.1) is 0 Å². The van der Waals surface area contributed by atoms with Gasteiger partial charge in [-0.3, -0.25) is 9.48 Å². The minimum absolute atomic E-state index is 0.0525. The number of carbonyl (C=O) groups excluding carboxylic acids is 1. The molecular weight excluding hydrogens is 230 g/mol. The topological polar surface area (TPSA) is 70.1 Å². The second-order valence-corrected chi connectivity index (χ2v) is 4.81. The van der Waals surface area contributed by atoms with Crippen molar-refractivity contribution in [3.8, 4) is 0 Å². The first-order valence-corrected chi connectivity index (χ1v) is 6.54. The molecule has 2 heterocycles. The second kappa shape index (κ2) is 5.63. The van der Waals surface area contributed by atoms with Crippen molar-refractivity contribution in [2.24, 2.45) is 12.8 Å². The van der Waals surface area contributed by atoms with Crippen LogP contribution in [0.25, 0.3) is 0 Å². The van der Waals surface area contributed by atoms with E-state index in [0.29, 0.717) is 13.0 Å². The van der Waals surface area contributed by atoms with E-state index >= 15 is 0 Å². The fourth-order valence-corrected chi connectivity index (χ4v) is 2.32. The number of hydrogen-bond acceptors (Lipinski definition) is 4. The summed E-state index contributed by atoms with van der Waals surface area (Å²) >= 11 is 0. The third-order valence-electron chi connectivity index (χ3n) is 3.47. The molecule has 2 N–H and O–H groups in total. The van der Waals surface area contributed by atoms with Crippen LogP contribution < -0.4 is 5.73 Å². The number of nitrogens with two attached hydrogens (primary N) is 1. The molecule has 2 unspecified atom stereocenters. The van der Waals surface area contributed by atoms with Gasteiger partial charge in [-0.1, -0.05) is 6.92 Å². The lowest BCUT2D eigenvalue weighted by Gasteiger charge is -2.11. The fraction of sp³-hybridized carbons (Fsp3) is 0.692. The molecule has 2 atom stereocenters.